The van der Waals surface area contributed by atoms with E-state index in [1.807, 2.05) is 0 Å². The topological polar surface area (TPSA) is 38.0 Å². The smallest absolute Gasteiger partial charge is 0.0421 e. The molecule has 94 valence electrons. The van der Waals surface area contributed by atoms with Gasteiger partial charge in [-0.05, 0) is 37.8 Å². The predicted molar refractivity (Wildman–Crippen MR) is 72.9 cm³/mol. The minimum atomic E-state index is 0.122. The highest BCUT2D eigenvalue weighted by atomic mass is 14.9. The van der Waals surface area contributed by atoms with Gasteiger partial charge >= 0.3 is 0 Å². The first-order valence-corrected chi connectivity index (χ1v) is 6.78. The SMILES string of the molecule is Cc1ccc(C(N)CNCCCC2CC2)cc1. The van der Waals surface area contributed by atoms with Crippen molar-refractivity contribution in [1.82, 2.24) is 5.32 Å². The number of nitrogens with two attached hydrogens (primary N) is 1. The fourth-order valence-electron chi connectivity index (χ4n) is 2.11. The number of aryl methyl sites for hydroxylation is 1. The molecule has 2 nitrogen and oxygen atoms in total. The Balaban J connectivity index is 1.62. The molecule has 0 spiro atoms. The summed E-state index contributed by atoms with van der Waals surface area (Å²) in [5.74, 6) is 1.04. The van der Waals surface area contributed by atoms with Crippen molar-refractivity contribution in [1.29, 1.82) is 0 Å². The quantitative estimate of drug-likeness (QED) is 0.709. The molecular weight excluding hydrogens is 208 g/mol. The molecule has 0 saturated heterocycles. The fraction of sp³-hybridized carbons (Fsp3) is 0.600. The molecular formula is C15H24N2. The van der Waals surface area contributed by atoms with Gasteiger partial charge in [-0.15, -0.1) is 0 Å². The van der Waals surface area contributed by atoms with E-state index in [9.17, 15) is 0 Å². The van der Waals surface area contributed by atoms with Crippen molar-refractivity contribution in [2.75, 3.05) is 13.1 Å². The van der Waals surface area contributed by atoms with Crippen LogP contribution in [0.4, 0.5) is 0 Å². The summed E-state index contributed by atoms with van der Waals surface area (Å²) in [7, 11) is 0. The lowest BCUT2D eigenvalue weighted by Crippen LogP contribution is -2.27. The fourth-order valence-corrected chi connectivity index (χ4v) is 2.11. The minimum absolute atomic E-state index is 0.122. The molecule has 1 aliphatic rings. The van der Waals surface area contributed by atoms with Crippen molar-refractivity contribution in [3.63, 3.8) is 0 Å². The van der Waals surface area contributed by atoms with Crippen LogP contribution >= 0.6 is 0 Å². The number of hydrogen-bond donors (Lipinski definition) is 2. The summed E-state index contributed by atoms with van der Waals surface area (Å²) < 4.78 is 0. The van der Waals surface area contributed by atoms with Crippen LogP contribution in [0, 0.1) is 12.8 Å². The number of hydrogen-bond acceptors (Lipinski definition) is 2. The molecule has 17 heavy (non-hydrogen) atoms. The largest absolute Gasteiger partial charge is 0.323 e. The molecule has 1 saturated carbocycles. The van der Waals surface area contributed by atoms with Crippen molar-refractivity contribution < 1.29 is 0 Å². The lowest BCUT2D eigenvalue weighted by molar-refractivity contribution is 0.556. The van der Waals surface area contributed by atoms with Crippen LogP contribution in [0.5, 0.6) is 0 Å². The van der Waals surface area contributed by atoms with Gasteiger partial charge in [0.15, 0.2) is 0 Å². The molecule has 0 heterocycles. The van der Waals surface area contributed by atoms with Gasteiger partial charge < -0.3 is 11.1 Å². The number of nitrogens with one attached hydrogen (secondary N) is 1. The first-order chi connectivity index (χ1) is 8.25. The molecule has 0 bridgehead atoms. The van der Waals surface area contributed by atoms with E-state index in [1.165, 1.54) is 36.8 Å². The van der Waals surface area contributed by atoms with Gasteiger partial charge in [0.25, 0.3) is 0 Å². The molecule has 0 aromatic heterocycles. The Morgan fingerprint density at radius 2 is 2.00 bits per heavy atom. The lowest BCUT2D eigenvalue weighted by atomic mass is 10.1. The van der Waals surface area contributed by atoms with E-state index >= 15 is 0 Å². The van der Waals surface area contributed by atoms with Gasteiger partial charge in [-0.25, -0.2) is 0 Å². The molecule has 1 aromatic carbocycles. The lowest BCUT2D eigenvalue weighted by Gasteiger charge is -2.13. The molecule has 1 fully saturated rings. The van der Waals surface area contributed by atoms with Crippen molar-refractivity contribution in [2.24, 2.45) is 11.7 Å². The average Bonchev–Trinajstić information content (AvgIpc) is 3.13. The van der Waals surface area contributed by atoms with E-state index in [1.54, 1.807) is 0 Å². The van der Waals surface area contributed by atoms with E-state index in [0.717, 1.165) is 19.0 Å². The summed E-state index contributed by atoms with van der Waals surface area (Å²) in [4.78, 5) is 0. The molecule has 0 aliphatic heterocycles. The second-order valence-corrected chi connectivity index (χ2v) is 5.31. The van der Waals surface area contributed by atoms with E-state index in [0.29, 0.717) is 0 Å². The maximum atomic E-state index is 6.14. The van der Waals surface area contributed by atoms with Gasteiger partial charge in [-0.2, -0.15) is 0 Å². The van der Waals surface area contributed by atoms with Gasteiger partial charge in [-0.3, -0.25) is 0 Å². The Kier molecular flexibility index (Phi) is 4.57. The van der Waals surface area contributed by atoms with Gasteiger partial charge in [0.2, 0.25) is 0 Å². The third kappa shape index (κ3) is 4.49. The minimum Gasteiger partial charge on any atom is -0.323 e. The first kappa shape index (κ1) is 12.6. The normalized spacial score (nSPS) is 17.1. The molecule has 1 aromatic rings. The average molecular weight is 232 g/mol. The molecule has 0 radical (unpaired) electrons. The summed E-state index contributed by atoms with van der Waals surface area (Å²) >= 11 is 0. The van der Waals surface area contributed by atoms with Crippen LogP contribution < -0.4 is 11.1 Å². The van der Waals surface area contributed by atoms with E-state index in [-0.39, 0.29) is 6.04 Å². The van der Waals surface area contributed by atoms with E-state index < -0.39 is 0 Å². The van der Waals surface area contributed by atoms with Crippen LogP contribution in [0.1, 0.15) is 42.9 Å². The Morgan fingerprint density at radius 3 is 2.65 bits per heavy atom. The van der Waals surface area contributed by atoms with Gasteiger partial charge in [0, 0.05) is 12.6 Å². The van der Waals surface area contributed by atoms with Crippen LogP contribution in [0.15, 0.2) is 24.3 Å². The van der Waals surface area contributed by atoms with Crippen molar-refractivity contribution in [3.8, 4) is 0 Å². The zero-order valence-corrected chi connectivity index (χ0v) is 10.8. The molecule has 2 rings (SSSR count). The highest BCUT2D eigenvalue weighted by Crippen LogP contribution is 2.33. The van der Waals surface area contributed by atoms with Gasteiger partial charge in [0.1, 0.15) is 0 Å². The summed E-state index contributed by atoms with van der Waals surface area (Å²) in [6.07, 6.45) is 5.61. The molecule has 2 heteroatoms. The Bertz CT molecular complexity index is 327. The second-order valence-electron chi connectivity index (χ2n) is 5.31. The van der Waals surface area contributed by atoms with Crippen LogP contribution in [0.3, 0.4) is 0 Å². The molecule has 1 aliphatic carbocycles. The van der Waals surface area contributed by atoms with Crippen LogP contribution in [-0.2, 0) is 0 Å². The van der Waals surface area contributed by atoms with Crippen molar-refractivity contribution in [3.05, 3.63) is 35.4 Å². The zero-order valence-electron chi connectivity index (χ0n) is 10.8. The Morgan fingerprint density at radius 1 is 1.29 bits per heavy atom. The molecule has 3 N–H and O–H groups in total. The summed E-state index contributed by atoms with van der Waals surface area (Å²) in [6.45, 7) is 4.09. The maximum absolute atomic E-state index is 6.14. The number of benzene rings is 1. The van der Waals surface area contributed by atoms with E-state index in [4.69, 9.17) is 5.73 Å². The first-order valence-electron chi connectivity index (χ1n) is 6.78. The molecule has 1 atom stereocenters. The van der Waals surface area contributed by atoms with Crippen LogP contribution in [-0.4, -0.2) is 13.1 Å². The second kappa shape index (κ2) is 6.18. The van der Waals surface area contributed by atoms with Gasteiger partial charge in [0.05, 0.1) is 0 Å². The maximum Gasteiger partial charge on any atom is 0.0421 e. The van der Waals surface area contributed by atoms with Gasteiger partial charge in [-0.1, -0.05) is 42.7 Å². The number of rotatable bonds is 7. The highest BCUT2D eigenvalue weighted by Gasteiger charge is 2.19. The standard InChI is InChI=1S/C15H24N2/c1-12-4-8-14(9-5-12)15(16)11-17-10-2-3-13-6-7-13/h4-5,8-9,13,15,17H,2-3,6-7,10-11,16H2,1H3. The van der Waals surface area contributed by atoms with Crippen molar-refractivity contribution >= 4 is 0 Å². The Hall–Kier alpha value is -0.860. The summed E-state index contributed by atoms with van der Waals surface area (Å²) in [5, 5.41) is 3.46. The highest BCUT2D eigenvalue weighted by molar-refractivity contribution is 5.23. The molecule has 1 unspecified atom stereocenters. The summed E-state index contributed by atoms with van der Waals surface area (Å²) in [6, 6.07) is 8.64. The molecule has 0 amide bonds. The third-order valence-electron chi connectivity index (χ3n) is 3.53. The van der Waals surface area contributed by atoms with Crippen LogP contribution in [0.25, 0.3) is 0 Å². The van der Waals surface area contributed by atoms with E-state index in [2.05, 4.69) is 36.5 Å². The summed E-state index contributed by atoms with van der Waals surface area (Å²) in [5.41, 5.74) is 8.65. The third-order valence-corrected chi connectivity index (χ3v) is 3.53. The van der Waals surface area contributed by atoms with Crippen molar-refractivity contribution in [2.45, 2.75) is 38.6 Å². The predicted octanol–water partition coefficient (Wildman–Crippen LogP) is 2.77. The zero-order chi connectivity index (χ0) is 12.1. The monoisotopic (exact) mass is 232 g/mol. The Labute approximate surface area is 105 Å². The van der Waals surface area contributed by atoms with Crippen LogP contribution in [0.2, 0.25) is 0 Å².